The Morgan fingerprint density at radius 3 is 2.80 bits per heavy atom. The van der Waals surface area contributed by atoms with Gasteiger partial charge in [0.15, 0.2) is 0 Å². The molecule has 0 aliphatic carbocycles. The fourth-order valence-corrected chi connectivity index (χ4v) is 0.669. The lowest BCUT2D eigenvalue weighted by Gasteiger charge is -1.98. The van der Waals surface area contributed by atoms with Gasteiger partial charge in [-0.15, -0.1) is 6.58 Å². The first kappa shape index (κ1) is 9.44. The molecule has 0 spiro atoms. The average molecular weight is 140 g/mol. The molecule has 0 aromatic heterocycles. The average Bonchev–Trinajstić information content (AvgIpc) is 1.89. The third kappa shape index (κ3) is 5.57. The molecule has 0 saturated carbocycles. The van der Waals surface area contributed by atoms with Crippen LogP contribution in [-0.4, -0.2) is 11.2 Å². The van der Waals surface area contributed by atoms with Gasteiger partial charge in [-0.2, -0.15) is 0 Å². The largest absolute Gasteiger partial charge is 0.389 e. The van der Waals surface area contributed by atoms with Crippen LogP contribution in [0.25, 0.3) is 0 Å². The highest BCUT2D eigenvalue weighted by atomic mass is 16.3. The van der Waals surface area contributed by atoms with Crippen molar-refractivity contribution in [2.75, 3.05) is 0 Å². The molecule has 10 heavy (non-hydrogen) atoms. The molecule has 0 aromatic rings. The quantitative estimate of drug-likeness (QED) is 0.581. The minimum atomic E-state index is -0.330. The minimum Gasteiger partial charge on any atom is -0.389 e. The third-order valence-corrected chi connectivity index (χ3v) is 1.22. The zero-order valence-electron chi connectivity index (χ0n) is 6.59. The van der Waals surface area contributed by atoms with Crippen molar-refractivity contribution in [1.82, 2.24) is 0 Å². The maximum Gasteiger partial charge on any atom is 0.0755 e. The van der Waals surface area contributed by atoms with Gasteiger partial charge in [0.25, 0.3) is 0 Å². The zero-order valence-corrected chi connectivity index (χ0v) is 6.59. The van der Waals surface area contributed by atoms with E-state index in [0.717, 1.165) is 12.8 Å². The van der Waals surface area contributed by atoms with Crippen LogP contribution in [0.1, 0.15) is 26.2 Å². The van der Waals surface area contributed by atoms with Crippen molar-refractivity contribution >= 4 is 0 Å². The molecule has 0 aliphatic heterocycles. The van der Waals surface area contributed by atoms with Crippen LogP contribution >= 0.6 is 0 Å². The van der Waals surface area contributed by atoms with Gasteiger partial charge in [0.1, 0.15) is 0 Å². The molecule has 0 amide bonds. The summed E-state index contributed by atoms with van der Waals surface area (Å²) in [5.41, 5.74) is 0. The first-order chi connectivity index (χ1) is 4.81. The van der Waals surface area contributed by atoms with Gasteiger partial charge in [-0.3, -0.25) is 0 Å². The van der Waals surface area contributed by atoms with E-state index in [1.165, 1.54) is 0 Å². The Morgan fingerprint density at radius 2 is 2.30 bits per heavy atom. The number of hydrogen-bond donors (Lipinski definition) is 1. The predicted octanol–water partition coefficient (Wildman–Crippen LogP) is 2.28. The summed E-state index contributed by atoms with van der Waals surface area (Å²) >= 11 is 0. The molecular weight excluding hydrogens is 124 g/mol. The fourth-order valence-electron chi connectivity index (χ4n) is 0.669. The summed E-state index contributed by atoms with van der Waals surface area (Å²) in [5, 5.41) is 9.12. The smallest absolute Gasteiger partial charge is 0.0755 e. The first-order valence-corrected chi connectivity index (χ1v) is 3.76. The van der Waals surface area contributed by atoms with Crippen LogP contribution in [0.5, 0.6) is 0 Å². The number of allylic oxidation sites excluding steroid dienone is 1. The van der Waals surface area contributed by atoms with E-state index in [1.54, 1.807) is 6.08 Å². The van der Waals surface area contributed by atoms with Gasteiger partial charge in [0, 0.05) is 0 Å². The summed E-state index contributed by atoms with van der Waals surface area (Å²) in [6, 6.07) is 0. The Hall–Kier alpha value is -0.560. The van der Waals surface area contributed by atoms with Gasteiger partial charge in [0.2, 0.25) is 0 Å². The van der Waals surface area contributed by atoms with Crippen LogP contribution in [-0.2, 0) is 0 Å². The lowest BCUT2D eigenvalue weighted by Crippen LogP contribution is -1.98. The molecule has 0 unspecified atom stereocenters. The zero-order chi connectivity index (χ0) is 7.82. The molecule has 0 fully saturated rings. The highest BCUT2D eigenvalue weighted by molar-refractivity contribution is 4.91. The third-order valence-electron chi connectivity index (χ3n) is 1.22. The van der Waals surface area contributed by atoms with E-state index in [9.17, 15) is 0 Å². The number of aliphatic hydroxyl groups excluding tert-OH is 1. The van der Waals surface area contributed by atoms with E-state index >= 15 is 0 Å². The molecule has 0 saturated heterocycles. The second-order valence-electron chi connectivity index (χ2n) is 2.31. The van der Waals surface area contributed by atoms with E-state index in [-0.39, 0.29) is 6.10 Å². The van der Waals surface area contributed by atoms with E-state index in [1.807, 2.05) is 12.2 Å². The van der Waals surface area contributed by atoms with Crippen molar-refractivity contribution in [2.24, 2.45) is 0 Å². The fraction of sp³-hybridized carbons (Fsp3) is 0.556. The van der Waals surface area contributed by atoms with Crippen LogP contribution in [0.4, 0.5) is 0 Å². The maximum absolute atomic E-state index is 9.12. The van der Waals surface area contributed by atoms with Gasteiger partial charge in [-0.1, -0.05) is 31.6 Å². The molecule has 0 aromatic carbocycles. The molecule has 0 bridgehead atoms. The lowest BCUT2D eigenvalue weighted by molar-refractivity contribution is 0.226. The summed E-state index contributed by atoms with van der Waals surface area (Å²) in [7, 11) is 0. The number of rotatable bonds is 5. The topological polar surface area (TPSA) is 20.2 Å². The monoisotopic (exact) mass is 140 g/mol. The van der Waals surface area contributed by atoms with Gasteiger partial charge >= 0.3 is 0 Å². The molecule has 0 heterocycles. The first-order valence-electron chi connectivity index (χ1n) is 3.76. The Bertz CT molecular complexity index is 105. The molecule has 0 rings (SSSR count). The number of hydrogen-bond acceptors (Lipinski definition) is 1. The van der Waals surface area contributed by atoms with Gasteiger partial charge < -0.3 is 5.11 Å². The van der Waals surface area contributed by atoms with Crippen LogP contribution in [0.3, 0.4) is 0 Å². The Balaban J connectivity index is 3.34. The van der Waals surface area contributed by atoms with E-state index in [0.29, 0.717) is 6.42 Å². The number of unbranched alkanes of at least 4 members (excludes halogenated alkanes) is 1. The highest BCUT2D eigenvalue weighted by Crippen LogP contribution is 1.96. The second-order valence-corrected chi connectivity index (χ2v) is 2.31. The summed E-state index contributed by atoms with van der Waals surface area (Å²) in [4.78, 5) is 0. The summed E-state index contributed by atoms with van der Waals surface area (Å²) < 4.78 is 0. The summed E-state index contributed by atoms with van der Waals surface area (Å²) in [5.74, 6) is 0. The molecule has 1 heteroatoms. The second kappa shape index (κ2) is 6.56. The highest BCUT2D eigenvalue weighted by Gasteiger charge is 1.91. The molecular formula is C9H16O. The molecule has 1 atom stereocenters. The lowest BCUT2D eigenvalue weighted by atomic mass is 10.2. The van der Waals surface area contributed by atoms with Crippen molar-refractivity contribution < 1.29 is 5.11 Å². The van der Waals surface area contributed by atoms with E-state index in [4.69, 9.17) is 5.11 Å². The van der Waals surface area contributed by atoms with Crippen LogP contribution in [0.15, 0.2) is 24.8 Å². The van der Waals surface area contributed by atoms with Crippen molar-refractivity contribution in [2.45, 2.75) is 32.3 Å². The van der Waals surface area contributed by atoms with E-state index in [2.05, 4.69) is 13.5 Å². The normalized spacial score (nSPS) is 13.8. The van der Waals surface area contributed by atoms with Crippen LogP contribution in [0.2, 0.25) is 0 Å². The Labute approximate surface area is 63.1 Å². The SMILES string of the molecule is C=CC[C@H](O)/C=C/CCC. The molecule has 0 radical (unpaired) electrons. The number of aliphatic hydroxyl groups is 1. The van der Waals surface area contributed by atoms with Crippen molar-refractivity contribution in [3.63, 3.8) is 0 Å². The standard InChI is InChI=1S/C9H16O/c1-3-5-6-8-9(10)7-4-2/h4,6,8-10H,2-3,5,7H2,1H3/b8-6+/t9-/m0/s1. The van der Waals surface area contributed by atoms with Crippen molar-refractivity contribution in [1.29, 1.82) is 0 Å². The summed E-state index contributed by atoms with van der Waals surface area (Å²) in [6.07, 6.45) is 8.07. The minimum absolute atomic E-state index is 0.330. The van der Waals surface area contributed by atoms with Crippen LogP contribution in [0, 0.1) is 0 Å². The van der Waals surface area contributed by atoms with Crippen molar-refractivity contribution in [3.8, 4) is 0 Å². The molecule has 1 nitrogen and oxygen atoms in total. The van der Waals surface area contributed by atoms with Crippen molar-refractivity contribution in [3.05, 3.63) is 24.8 Å². The molecule has 0 aliphatic rings. The molecule has 58 valence electrons. The Morgan fingerprint density at radius 1 is 1.60 bits per heavy atom. The summed E-state index contributed by atoms with van der Waals surface area (Å²) in [6.45, 7) is 5.65. The molecule has 1 N–H and O–H groups in total. The Kier molecular flexibility index (Phi) is 6.19. The van der Waals surface area contributed by atoms with Gasteiger partial charge in [-0.25, -0.2) is 0 Å². The predicted molar refractivity (Wildman–Crippen MR) is 44.9 cm³/mol. The maximum atomic E-state index is 9.12. The van der Waals surface area contributed by atoms with Crippen LogP contribution < -0.4 is 0 Å². The van der Waals surface area contributed by atoms with E-state index < -0.39 is 0 Å². The van der Waals surface area contributed by atoms with Gasteiger partial charge in [-0.05, 0) is 12.8 Å². The van der Waals surface area contributed by atoms with Gasteiger partial charge in [0.05, 0.1) is 6.10 Å².